The number of aliphatic hydroxyl groups is 2. The minimum absolute atomic E-state index is 0.166. The van der Waals surface area contributed by atoms with Crippen LogP contribution in [0.25, 0.3) is 11.1 Å². The zero-order valence-electron chi connectivity index (χ0n) is 16.3. The number of hydrogen-bond acceptors (Lipinski definition) is 7. The van der Waals surface area contributed by atoms with E-state index in [0.717, 1.165) is 31.9 Å². The minimum Gasteiger partial charge on any atom is -0.394 e. The molecule has 1 aromatic carbocycles. The Balaban J connectivity index is 1.60. The van der Waals surface area contributed by atoms with Crippen LogP contribution in [0.5, 0.6) is 0 Å². The van der Waals surface area contributed by atoms with Crippen LogP contribution in [0.15, 0.2) is 40.1 Å². The summed E-state index contributed by atoms with van der Waals surface area (Å²) in [6.45, 7) is 3.59. The predicted octanol–water partition coefficient (Wildman–Crippen LogP) is -0.404. The molecule has 156 valence electrons. The Labute approximate surface area is 167 Å². The van der Waals surface area contributed by atoms with Crippen molar-refractivity contribution in [2.45, 2.75) is 24.9 Å². The van der Waals surface area contributed by atoms with E-state index in [0.29, 0.717) is 11.1 Å². The molecule has 0 aliphatic carbocycles. The van der Waals surface area contributed by atoms with Gasteiger partial charge in [-0.05, 0) is 24.7 Å². The topological polar surface area (TPSA) is 111 Å². The Morgan fingerprint density at radius 3 is 2.45 bits per heavy atom. The number of nitrogens with zero attached hydrogens (tertiary/aromatic N) is 3. The Kier molecular flexibility index (Phi) is 5.55. The van der Waals surface area contributed by atoms with Gasteiger partial charge < -0.3 is 24.7 Å². The second-order valence-corrected chi connectivity index (χ2v) is 7.66. The molecule has 0 unspecified atom stereocenters. The number of likely N-dealkylation sites (N-methyl/N-ethyl adjacent to an activating group) is 1. The lowest BCUT2D eigenvalue weighted by molar-refractivity contribution is -0.0458. The molecule has 0 amide bonds. The van der Waals surface area contributed by atoms with Gasteiger partial charge in [-0.2, -0.15) is 0 Å². The van der Waals surface area contributed by atoms with E-state index in [9.17, 15) is 19.8 Å². The van der Waals surface area contributed by atoms with Gasteiger partial charge in [-0.15, -0.1) is 0 Å². The van der Waals surface area contributed by atoms with Crippen molar-refractivity contribution < 1.29 is 14.9 Å². The maximum atomic E-state index is 12.4. The van der Waals surface area contributed by atoms with Crippen molar-refractivity contribution in [1.82, 2.24) is 14.5 Å². The molecule has 2 fully saturated rings. The van der Waals surface area contributed by atoms with E-state index < -0.39 is 29.7 Å². The highest BCUT2D eigenvalue weighted by atomic mass is 16.5. The summed E-state index contributed by atoms with van der Waals surface area (Å²) in [5.74, 6) is 0. The van der Waals surface area contributed by atoms with Crippen molar-refractivity contribution >= 4 is 5.69 Å². The highest BCUT2D eigenvalue weighted by molar-refractivity contribution is 5.65. The first-order valence-corrected chi connectivity index (χ1v) is 9.80. The van der Waals surface area contributed by atoms with Gasteiger partial charge in [0.25, 0.3) is 5.56 Å². The van der Waals surface area contributed by atoms with Gasteiger partial charge in [0.15, 0.2) is 0 Å². The molecule has 1 aromatic heterocycles. The summed E-state index contributed by atoms with van der Waals surface area (Å²) in [6.07, 6.45) is -0.725. The Bertz CT molecular complexity index is 962. The highest BCUT2D eigenvalue weighted by Gasteiger charge is 2.35. The number of benzene rings is 1. The Morgan fingerprint density at radius 1 is 1.14 bits per heavy atom. The molecule has 2 saturated heterocycles. The van der Waals surface area contributed by atoms with Gasteiger partial charge in [-0.1, -0.05) is 12.1 Å². The summed E-state index contributed by atoms with van der Waals surface area (Å²) in [6, 6.07) is 7.70. The molecular weight excluding hydrogens is 376 g/mol. The van der Waals surface area contributed by atoms with Crippen molar-refractivity contribution in [1.29, 1.82) is 0 Å². The lowest BCUT2D eigenvalue weighted by atomic mass is 10.1. The molecule has 3 atom stereocenters. The second-order valence-electron chi connectivity index (χ2n) is 7.66. The maximum Gasteiger partial charge on any atom is 0.330 e. The number of rotatable bonds is 4. The molecular formula is C20H26N4O5. The smallest absolute Gasteiger partial charge is 0.330 e. The average molecular weight is 402 g/mol. The van der Waals surface area contributed by atoms with Gasteiger partial charge in [0.05, 0.1) is 18.3 Å². The molecule has 9 heteroatoms. The van der Waals surface area contributed by atoms with E-state index in [1.54, 1.807) is 0 Å². The fourth-order valence-corrected chi connectivity index (χ4v) is 3.87. The first-order valence-electron chi connectivity index (χ1n) is 9.80. The van der Waals surface area contributed by atoms with E-state index in [-0.39, 0.29) is 13.0 Å². The number of H-pyrrole nitrogens is 1. The lowest BCUT2D eigenvalue weighted by Crippen LogP contribution is -2.44. The van der Waals surface area contributed by atoms with Gasteiger partial charge in [-0.25, -0.2) is 4.79 Å². The fraction of sp³-hybridized carbons (Fsp3) is 0.500. The number of aromatic amines is 1. The van der Waals surface area contributed by atoms with Crippen LogP contribution in [0.2, 0.25) is 0 Å². The van der Waals surface area contributed by atoms with E-state index in [1.807, 2.05) is 24.3 Å². The molecule has 4 rings (SSSR count). The molecule has 29 heavy (non-hydrogen) atoms. The molecule has 3 N–H and O–H groups in total. The number of hydrogen-bond donors (Lipinski definition) is 3. The summed E-state index contributed by atoms with van der Waals surface area (Å²) < 4.78 is 6.83. The normalized spacial score (nSPS) is 25.5. The molecule has 2 aliphatic rings. The van der Waals surface area contributed by atoms with Gasteiger partial charge in [0.2, 0.25) is 0 Å². The van der Waals surface area contributed by atoms with Crippen LogP contribution in [0.3, 0.4) is 0 Å². The molecule has 0 saturated carbocycles. The van der Waals surface area contributed by atoms with Crippen molar-refractivity contribution in [3.05, 3.63) is 51.3 Å². The largest absolute Gasteiger partial charge is 0.394 e. The van der Waals surface area contributed by atoms with E-state index in [4.69, 9.17) is 4.74 Å². The van der Waals surface area contributed by atoms with Crippen LogP contribution >= 0.6 is 0 Å². The SMILES string of the molecule is CN1CCN(c2ccc(-c3cn([C@H]4C[C@H](O)[C@@H](CO)O4)c(=O)[nH]c3=O)cc2)CC1. The van der Waals surface area contributed by atoms with Crippen molar-refractivity contribution in [2.75, 3.05) is 44.7 Å². The Hall–Kier alpha value is -2.46. The van der Waals surface area contributed by atoms with Crippen LogP contribution < -0.4 is 16.1 Å². The van der Waals surface area contributed by atoms with Gasteiger partial charge >= 0.3 is 5.69 Å². The minimum atomic E-state index is -0.866. The zero-order chi connectivity index (χ0) is 20.5. The third-order valence-corrected chi connectivity index (χ3v) is 5.71. The molecule has 0 spiro atoms. The number of aliphatic hydroxyl groups excluding tert-OH is 2. The number of ether oxygens (including phenoxy) is 1. The molecule has 2 aliphatic heterocycles. The molecule has 9 nitrogen and oxygen atoms in total. The van der Waals surface area contributed by atoms with Crippen molar-refractivity contribution in [3.8, 4) is 11.1 Å². The van der Waals surface area contributed by atoms with Crippen molar-refractivity contribution in [3.63, 3.8) is 0 Å². The highest BCUT2D eigenvalue weighted by Crippen LogP contribution is 2.28. The van der Waals surface area contributed by atoms with Crippen molar-refractivity contribution in [2.24, 2.45) is 0 Å². The summed E-state index contributed by atoms with van der Waals surface area (Å²) in [4.78, 5) is 31.6. The fourth-order valence-electron chi connectivity index (χ4n) is 3.87. The van der Waals surface area contributed by atoms with Crippen LogP contribution in [0, 0.1) is 0 Å². The number of aromatic nitrogens is 2. The number of nitrogens with one attached hydrogen (secondary N) is 1. The van der Waals surface area contributed by atoms with E-state index in [1.165, 1.54) is 10.8 Å². The summed E-state index contributed by atoms with van der Waals surface area (Å²) in [5, 5.41) is 19.2. The van der Waals surface area contributed by atoms with Crippen LogP contribution in [0.1, 0.15) is 12.6 Å². The predicted molar refractivity (Wildman–Crippen MR) is 108 cm³/mol. The quantitative estimate of drug-likeness (QED) is 0.638. The second kappa shape index (κ2) is 8.11. The third kappa shape index (κ3) is 3.99. The summed E-state index contributed by atoms with van der Waals surface area (Å²) >= 11 is 0. The first kappa shape index (κ1) is 19.8. The lowest BCUT2D eigenvalue weighted by Gasteiger charge is -2.34. The van der Waals surface area contributed by atoms with Gasteiger partial charge in [-0.3, -0.25) is 14.3 Å². The standard InChI is InChI=1S/C20H26N4O5/c1-22-6-8-23(9-7-22)14-4-2-13(3-5-14)15-11-24(20(28)21-19(15)27)18-10-16(26)17(12-25)29-18/h2-5,11,16-18,25-26H,6-10,12H2,1H3,(H,21,27,28)/t16-,17+,18+/m0/s1. The van der Waals surface area contributed by atoms with Crippen LogP contribution in [-0.4, -0.2) is 76.7 Å². The third-order valence-electron chi connectivity index (χ3n) is 5.71. The monoisotopic (exact) mass is 402 g/mol. The molecule has 2 aromatic rings. The average Bonchev–Trinajstić information content (AvgIpc) is 3.09. The molecule has 3 heterocycles. The van der Waals surface area contributed by atoms with Gasteiger partial charge in [0, 0.05) is 44.5 Å². The summed E-state index contributed by atoms with van der Waals surface area (Å²) in [7, 11) is 2.11. The maximum absolute atomic E-state index is 12.4. The van der Waals surface area contributed by atoms with E-state index in [2.05, 4.69) is 21.8 Å². The summed E-state index contributed by atoms with van der Waals surface area (Å²) in [5.41, 5.74) is 1.05. The van der Waals surface area contributed by atoms with Gasteiger partial charge in [0.1, 0.15) is 12.3 Å². The van der Waals surface area contributed by atoms with Crippen LogP contribution in [0.4, 0.5) is 5.69 Å². The van der Waals surface area contributed by atoms with Crippen LogP contribution in [-0.2, 0) is 4.74 Å². The zero-order valence-corrected chi connectivity index (χ0v) is 16.3. The van der Waals surface area contributed by atoms with E-state index >= 15 is 0 Å². The molecule has 0 radical (unpaired) electrons. The number of anilines is 1. The molecule has 0 bridgehead atoms. The number of piperazine rings is 1. The first-order chi connectivity index (χ1) is 14.0. The Morgan fingerprint density at radius 2 is 1.83 bits per heavy atom.